The Bertz CT molecular complexity index is 1090. The molecule has 0 aromatic heterocycles. The number of rotatable bonds is 12. The predicted octanol–water partition coefficient (Wildman–Crippen LogP) is 8.70. The van der Waals surface area contributed by atoms with Gasteiger partial charge in [0.15, 0.2) is 0 Å². The molecule has 0 spiro atoms. The molecule has 0 aliphatic heterocycles. The Kier molecular flexibility index (Phi) is 11.0. The van der Waals surface area contributed by atoms with Gasteiger partial charge in [0, 0.05) is 30.1 Å². The fourth-order valence-electron chi connectivity index (χ4n) is 5.48. The average Bonchev–Trinajstić information content (AvgIpc) is 2.84. The number of benzene rings is 2. The van der Waals surface area contributed by atoms with Crippen molar-refractivity contribution in [2.75, 3.05) is 20.6 Å². The van der Waals surface area contributed by atoms with Crippen molar-refractivity contribution in [2.45, 2.75) is 80.2 Å². The lowest BCUT2D eigenvalue weighted by Gasteiger charge is -2.37. The van der Waals surface area contributed by atoms with E-state index in [0.717, 1.165) is 48.1 Å². The zero-order chi connectivity index (χ0) is 27.2. The van der Waals surface area contributed by atoms with Crippen LogP contribution in [0.5, 0.6) is 0 Å². The highest BCUT2D eigenvalue weighted by Gasteiger charge is 2.33. The Morgan fingerprint density at radius 1 is 1.03 bits per heavy atom. The summed E-state index contributed by atoms with van der Waals surface area (Å²) in [6.07, 6.45) is 4.46. The summed E-state index contributed by atoms with van der Waals surface area (Å²) < 4.78 is 30.7. The smallest absolute Gasteiger partial charge is 0.132 e. The van der Waals surface area contributed by atoms with Crippen LogP contribution in [0, 0.1) is 44.2 Å². The molecule has 0 saturated heterocycles. The van der Waals surface area contributed by atoms with Gasteiger partial charge in [-0.3, -0.25) is 4.99 Å². The predicted molar refractivity (Wildman–Crippen MR) is 152 cm³/mol. The minimum Gasteiger partial charge on any atom is -0.303 e. The molecule has 2 nitrogen and oxygen atoms in total. The highest BCUT2D eigenvalue weighted by molar-refractivity contribution is 6.04. The maximum absolute atomic E-state index is 15.8. The fraction of sp³-hybridized carbons (Fsp3) is 0.531. The molecule has 0 N–H and O–H groups in total. The molecule has 0 aliphatic carbocycles. The van der Waals surface area contributed by atoms with Crippen molar-refractivity contribution >= 4 is 5.71 Å². The Balaban J connectivity index is 2.59. The molecule has 2 aromatic carbocycles. The van der Waals surface area contributed by atoms with Crippen molar-refractivity contribution in [1.82, 2.24) is 4.90 Å². The zero-order valence-corrected chi connectivity index (χ0v) is 23.9. The van der Waals surface area contributed by atoms with Crippen LogP contribution in [0.2, 0.25) is 0 Å². The lowest BCUT2D eigenvalue weighted by atomic mass is 9.78. The van der Waals surface area contributed by atoms with Gasteiger partial charge in [0.05, 0.1) is 5.71 Å². The van der Waals surface area contributed by atoms with E-state index in [-0.39, 0.29) is 23.6 Å². The summed E-state index contributed by atoms with van der Waals surface area (Å²) in [7, 11) is 3.87. The average molecular weight is 497 g/mol. The van der Waals surface area contributed by atoms with E-state index >= 15 is 4.39 Å². The van der Waals surface area contributed by atoms with Gasteiger partial charge >= 0.3 is 0 Å². The quantitative estimate of drug-likeness (QED) is 0.212. The van der Waals surface area contributed by atoms with Crippen molar-refractivity contribution in [2.24, 2.45) is 16.8 Å². The molecule has 0 fully saturated rings. The molecule has 0 amide bonds. The Morgan fingerprint density at radius 2 is 1.69 bits per heavy atom. The maximum Gasteiger partial charge on any atom is 0.132 e. The second kappa shape index (κ2) is 13.3. The van der Waals surface area contributed by atoms with Crippen molar-refractivity contribution in [3.63, 3.8) is 0 Å². The number of halogens is 2. The molecule has 4 heteroatoms. The largest absolute Gasteiger partial charge is 0.303 e. The van der Waals surface area contributed by atoms with Gasteiger partial charge in [-0.05, 0) is 94.1 Å². The third-order valence-corrected chi connectivity index (χ3v) is 8.01. The monoisotopic (exact) mass is 496 g/mol. The summed E-state index contributed by atoms with van der Waals surface area (Å²) in [4.78, 5) is 6.99. The maximum atomic E-state index is 15.8. The third kappa shape index (κ3) is 6.51. The molecule has 0 aliphatic rings. The van der Waals surface area contributed by atoms with Crippen molar-refractivity contribution in [3.8, 4) is 11.1 Å². The number of nitrogens with zero attached hydrogens (tertiary/aromatic N) is 2. The minimum atomic E-state index is -0.380. The van der Waals surface area contributed by atoms with Crippen LogP contribution in [0.1, 0.15) is 75.6 Å². The van der Waals surface area contributed by atoms with Gasteiger partial charge in [0.25, 0.3) is 0 Å². The Labute approximate surface area is 218 Å². The number of hydrogen-bond acceptors (Lipinski definition) is 2. The van der Waals surface area contributed by atoms with Crippen molar-refractivity contribution in [3.05, 3.63) is 70.3 Å². The number of aliphatic imine (C=N–C) groups is 1. The molecule has 2 aromatic rings. The van der Waals surface area contributed by atoms with E-state index in [1.165, 1.54) is 18.6 Å². The first-order valence-corrected chi connectivity index (χ1v) is 13.4. The molecule has 0 heterocycles. The molecular formula is C32H46F2N2. The molecule has 36 heavy (non-hydrogen) atoms. The summed E-state index contributed by atoms with van der Waals surface area (Å²) >= 11 is 0. The van der Waals surface area contributed by atoms with Crippen LogP contribution in [0.15, 0.2) is 41.4 Å². The second-order valence-electron chi connectivity index (χ2n) is 10.4. The van der Waals surface area contributed by atoms with E-state index in [2.05, 4.69) is 44.3 Å². The normalized spacial score (nSPS) is 14.7. The molecule has 0 bridgehead atoms. The van der Waals surface area contributed by atoms with Gasteiger partial charge < -0.3 is 4.90 Å². The van der Waals surface area contributed by atoms with E-state index in [4.69, 9.17) is 0 Å². The molecule has 0 radical (unpaired) electrons. The van der Waals surface area contributed by atoms with Gasteiger partial charge in [-0.15, -0.1) is 0 Å². The number of hydrogen-bond donors (Lipinski definition) is 0. The molecule has 3 unspecified atom stereocenters. The van der Waals surface area contributed by atoms with Gasteiger partial charge in [0.2, 0.25) is 0 Å². The van der Waals surface area contributed by atoms with Gasteiger partial charge in [-0.25, -0.2) is 8.78 Å². The van der Waals surface area contributed by atoms with Crippen molar-refractivity contribution < 1.29 is 8.78 Å². The van der Waals surface area contributed by atoms with Crippen LogP contribution in [0.4, 0.5) is 8.78 Å². The van der Waals surface area contributed by atoms with E-state index in [1.54, 1.807) is 13.1 Å². The fourth-order valence-corrected chi connectivity index (χ4v) is 5.48. The summed E-state index contributed by atoms with van der Waals surface area (Å²) in [6.45, 7) is 19.6. The summed E-state index contributed by atoms with van der Waals surface area (Å²) in [5.41, 5.74) is 5.93. The van der Waals surface area contributed by atoms with Crippen LogP contribution in [-0.2, 0) is 0 Å². The lowest BCUT2D eigenvalue weighted by Crippen LogP contribution is -2.43. The summed E-state index contributed by atoms with van der Waals surface area (Å²) in [5, 5.41) is 0. The lowest BCUT2D eigenvalue weighted by molar-refractivity contribution is 0.185. The van der Waals surface area contributed by atoms with Crippen LogP contribution in [0.3, 0.4) is 0 Å². The third-order valence-electron chi connectivity index (χ3n) is 8.01. The summed E-state index contributed by atoms with van der Waals surface area (Å²) in [5.74, 6) is -0.212. The topological polar surface area (TPSA) is 15.6 Å². The Morgan fingerprint density at radius 3 is 2.19 bits per heavy atom. The van der Waals surface area contributed by atoms with Crippen LogP contribution in [-0.4, -0.2) is 37.3 Å². The van der Waals surface area contributed by atoms with Crippen LogP contribution in [0.25, 0.3) is 11.1 Å². The van der Waals surface area contributed by atoms with Crippen LogP contribution >= 0.6 is 0 Å². The second-order valence-corrected chi connectivity index (χ2v) is 10.4. The van der Waals surface area contributed by atoms with Gasteiger partial charge in [0.1, 0.15) is 11.6 Å². The molecule has 198 valence electrons. The molecule has 0 saturated carbocycles. The first-order chi connectivity index (χ1) is 17.0. The van der Waals surface area contributed by atoms with E-state index in [1.807, 2.05) is 33.8 Å². The summed E-state index contributed by atoms with van der Waals surface area (Å²) in [6, 6.07) is 6.75. The SMILES string of the molecule is C=C(C)C(C(=NC)c1ccc(-c2c(F)cc(C)c(C)c2C)cc1F)C(CC(CC)CCC)N(C)CC. The van der Waals surface area contributed by atoms with Gasteiger partial charge in [-0.1, -0.05) is 58.3 Å². The molecule has 3 atom stereocenters. The van der Waals surface area contributed by atoms with E-state index < -0.39 is 0 Å². The first-order valence-electron chi connectivity index (χ1n) is 13.4. The van der Waals surface area contributed by atoms with E-state index in [9.17, 15) is 4.39 Å². The highest BCUT2D eigenvalue weighted by Crippen LogP contribution is 2.34. The van der Waals surface area contributed by atoms with Crippen LogP contribution < -0.4 is 0 Å². The van der Waals surface area contributed by atoms with Gasteiger partial charge in [-0.2, -0.15) is 0 Å². The molecule has 2 rings (SSSR count). The van der Waals surface area contributed by atoms with Crippen molar-refractivity contribution in [1.29, 1.82) is 0 Å². The first kappa shape index (κ1) is 29.9. The Hall–Kier alpha value is -2.33. The highest BCUT2D eigenvalue weighted by atomic mass is 19.1. The number of aryl methyl sites for hydroxylation is 1. The minimum absolute atomic E-state index is 0.105. The van der Waals surface area contributed by atoms with E-state index in [0.29, 0.717) is 28.3 Å². The zero-order valence-electron chi connectivity index (χ0n) is 23.9. The molecular weight excluding hydrogens is 450 g/mol. The standard InChI is InChI=1S/C32H46F2N2/c1-11-14-24(12-2)18-29(36(10)13-3)30(20(4)5)32(35-9)26-16-15-25(19-27(26)33)31-23(8)22(7)21(6)17-28(31)34/h15-17,19,24,29-30H,4,11-14,18H2,1-3,5-10H3.